The molecule has 0 aliphatic carbocycles. The SMILES string of the molecule is CCCCCCCCCCCC(=O)CC(=O)N[C@H]1[C@H](OC[C@H]2O[C@H](OP(=O)(O)O)[C@H](NC(=O)CC(=O)CCCCCCCCCCC)[C@@H](OCC[C@H](O)CCCCCCC)[C@@H]2O)O[C@H](COC)[C@@H](OP(=O)(O)O)[C@@H]1OCC[C@@H](CCCCCCC)OC(=O)CCC/C=C\C(C)CCCC. The minimum Gasteiger partial charge on any atom is -0.462 e. The van der Waals surface area contributed by atoms with Gasteiger partial charge in [-0.05, 0) is 63.7 Å². The summed E-state index contributed by atoms with van der Waals surface area (Å²) in [5.41, 5.74) is 0. The van der Waals surface area contributed by atoms with E-state index in [2.05, 4.69) is 64.3 Å². The smallest absolute Gasteiger partial charge is 0.462 e. The number of ketones is 2. The second-order valence-corrected chi connectivity index (χ2v) is 30.0. The summed E-state index contributed by atoms with van der Waals surface area (Å²) in [7, 11) is -9.65. The normalized spacial score (nSPS) is 22.3. The Morgan fingerprint density at radius 1 is 0.485 bits per heavy atom. The van der Waals surface area contributed by atoms with E-state index in [9.17, 15) is 62.9 Å². The van der Waals surface area contributed by atoms with E-state index >= 15 is 0 Å². The Labute approximate surface area is 594 Å². The zero-order valence-electron chi connectivity index (χ0n) is 61.8. The Kier molecular flexibility index (Phi) is 53.0. The van der Waals surface area contributed by atoms with Gasteiger partial charge in [0.1, 0.15) is 66.4 Å². The number of nitrogens with one attached hydrogen (secondary N) is 2. The lowest BCUT2D eigenvalue weighted by molar-refractivity contribution is -0.301. The summed E-state index contributed by atoms with van der Waals surface area (Å²) in [6.45, 7) is 11.2. The first kappa shape index (κ1) is 92.5. The van der Waals surface area contributed by atoms with Gasteiger partial charge in [-0.25, -0.2) is 9.13 Å². The summed E-state index contributed by atoms with van der Waals surface area (Å²) >= 11 is 0. The first-order valence-electron chi connectivity index (χ1n) is 38.5. The number of carbonyl (C=O) groups is 5. The molecule has 2 fully saturated rings. The highest BCUT2D eigenvalue weighted by molar-refractivity contribution is 7.46. The van der Waals surface area contributed by atoms with Crippen molar-refractivity contribution in [1.82, 2.24) is 10.6 Å². The quantitative estimate of drug-likeness (QED) is 0.00922. The number of rotatable bonds is 64. The van der Waals surface area contributed by atoms with Gasteiger partial charge in [-0.3, -0.25) is 33.0 Å². The fourth-order valence-electron chi connectivity index (χ4n) is 12.7. The molecule has 0 spiro atoms. The molecule has 2 amide bonds. The lowest BCUT2D eigenvalue weighted by Crippen LogP contribution is -2.67. The van der Waals surface area contributed by atoms with Crippen LogP contribution < -0.4 is 10.6 Å². The molecule has 2 aliphatic heterocycles. The number of Topliss-reactive ketones (excluding diaryl/α,β-unsaturated/α-hetero) is 2. The molecule has 26 heteroatoms. The van der Waals surface area contributed by atoms with E-state index in [0.717, 1.165) is 161 Å². The van der Waals surface area contributed by atoms with Crippen LogP contribution in [0.4, 0.5) is 0 Å². The van der Waals surface area contributed by atoms with Crippen LogP contribution in [0.5, 0.6) is 0 Å². The topological polar surface area (TPSA) is 348 Å². The number of phosphoric ester groups is 2. The fraction of sp³-hybridized carbons (Fsp3) is 0.904. The summed E-state index contributed by atoms with van der Waals surface area (Å²) in [6, 6.07) is -3.26. The number of methoxy groups -OCH3 is 1. The molecule has 0 bridgehead atoms. The van der Waals surface area contributed by atoms with Crippen LogP contribution in [0.25, 0.3) is 0 Å². The number of aliphatic hydroxyl groups is 2. The highest BCUT2D eigenvalue weighted by Gasteiger charge is 2.53. The zero-order valence-corrected chi connectivity index (χ0v) is 63.6. The van der Waals surface area contributed by atoms with E-state index in [1.165, 1.54) is 32.8 Å². The maximum Gasteiger partial charge on any atom is 0.472 e. The number of phosphoric acid groups is 2. The van der Waals surface area contributed by atoms with Crippen molar-refractivity contribution in [3.05, 3.63) is 12.2 Å². The molecule has 0 aromatic carbocycles. The van der Waals surface area contributed by atoms with Crippen molar-refractivity contribution in [3.8, 4) is 0 Å². The molecule has 2 aliphatic rings. The van der Waals surface area contributed by atoms with Crippen LogP contribution in [0.3, 0.4) is 0 Å². The third-order valence-corrected chi connectivity index (χ3v) is 19.4. The number of unbranched alkanes of at least 4 members (excludes halogenated alkanes) is 26. The number of carbonyl (C=O) groups excluding carboxylic acids is 5. The molecule has 0 radical (unpaired) electrons. The molecule has 2 heterocycles. The first-order valence-corrected chi connectivity index (χ1v) is 41.5. The minimum absolute atomic E-state index is 0.0543. The van der Waals surface area contributed by atoms with Crippen molar-refractivity contribution >= 4 is 45.0 Å². The number of hydrogen-bond donors (Lipinski definition) is 8. The zero-order chi connectivity index (χ0) is 73.1. The number of aliphatic hydroxyl groups excluding tert-OH is 2. The van der Waals surface area contributed by atoms with Gasteiger partial charge in [0.05, 0.1) is 38.8 Å². The van der Waals surface area contributed by atoms with Crippen molar-refractivity contribution < 1.29 is 105 Å². The summed E-state index contributed by atoms with van der Waals surface area (Å²) in [4.78, 5) is 110. The van der Waals surface area contributed by atoms with E-state index in [0.29, 0.717) is 44.4 Å². The Morgan fingerprint density at radius 2 is 0.939 bits per heavy atom. The third kappa shape index (κ3) is 45.4. The first-order chi connectivity index (χ1) is 47.5. The van der Waals surface area contributed by atoms with Gasteiger partial charge >= 0.3 is 21.6 Å². The van der Waals surface area contributed by atoms with Gasteiger partial charge in [0, 0.05) is 39.4 Å². The van der Waals surface area contributed by atoms with Crippen LogP contribution in [0.1, 0.15) is 311 Å². The van der Waals surface area contributed by atoms with Crippen LogP contribution in [0.2, 0.25) is 0 Å². The van der Waals surface area contributed by atoms with E-state index in [1.54, 1.807) is 0 Å². The molecule has 0 aromatic heterocycles. The molecule has 13 atom stereocenters. The molecule has 24 nitrogen and oxygen atoms in total. The standard InChI is InChI=1S/C73H136N2O22P2/c1-8-13-18-22-24-26-28-32-37-44-58(77)52-63(79)74-66-70(90-50-48-57(76)43-36-30-20-15-10-3)68(82)61(94-73(66)97-99(86,87)88)55-92-72-67(75-64(80)53-59(78)45-38-33-29-27-25-23-19-14-9-2)71(69(96-98(83,84)85)62(95-72)54-89-7)91-51-49-60(46-39-31-21-16-11-4)93-65(81)47-40-34-35-42-56(6)41-17-12-5/h35,42,56-57,60-62,66-73,76,82H,8-34,36-41,43-55H2,1-7H3,(H,74,79)(H,75,80)(H2,83,84,85)(H2,86,87,88)/b42-35-/t56?,57-,60-,61-,62-,66-,67-,68-,69-,70-,71-,72-,73-/m1/s1. The van der Waals surface area contributed by atoms with Gasteiger partial charge in [-0.2, -0.15) is 0 Å². The lowest BCUT2D eigenvalue weighted by Gasteiger charge is -2.47. The third-order valence-electron chi connectivity index (χ3n) is 18.4. The maximum atomic E-state index is 14.3. The van der Waals surface area contributed by atoms with Gasteiger partial charge in [0.25, 0.3) is 0 Å². The Balaban J connectivity index is 2.64. The van der Waals surface area contributed by atoms with Gasteiger partial charge < -0.3 is 73.6 Å². The Hall–Kier alpha value is -2.61. The van der Waals surface area contributed by atoms with Crippen molar-refractivity contribution in [2.75, 3.05) is 33.5 Å². The summed E-state index contributed by atoms with van der Waals surface area (Å²) in [6.07, 6.45) is 21.5. The predicted molar refractivity (Wildman–Crippen MR) is 381 cm³/mol. The van der Waals surface area contributed by atoms with Crippen molar-refractivity contribution in [3.63, 3.8) is 0 Å². The van der Waals surface area contributed by atoms with Crippen LogP contribution in [0, 0.1) is 5.92 Å². The Morgan fingerprint density at radius 3 is 1.44 bits per heavy atom. The second-order valence-electron chi connectivity index (χ2n) is 27.7. The van der Waals surface area contributed by atoms with E-state index in [-0.39, 0.29) is 56.9 Å². The average molecular weight is 1460 g/mol. The molecule has 8 N–H and O–H groups in total. The number of ether oxygens (including phenoxy) is 7. The number of hydrogen-bond acceptors (Lipinski definition) is 18. The molecule has 0 aromatic rings. The fourth-order valence-corrected chi connectivity index (χ4v) is 13.7. The van der Waals surface area contributed by atoms with Crippen LogP contribution >= 0.6 is 15.6 Å². The van der Waals surface area contributed by atoms with Crippen LogP contribution in [0.15, 0.2) is 12.2 Å². The van der Waals surface area contributed by atoms with Gasteiger partial charge in [-0.15, -0.1) is 0 Å². The molecule has 580 valence electrons. The summed E-state index contributed by atoms with van der Waals surface area (Å²) < 4.78 is 79.7. The van der Waals surface area contributed by atoms with Crippen LogP contribution in [-0.4, -0.2) is 166 Å². The molecule has 0 saturated carbocycles. The number of amides is 2. The van der Waals surface area contributed by atoms with Crippen molar-refractivity contribution in [1.29, 1.82) is 0 Å². The predicted octanol–water partition coefficient (Wildman–Crippen LogP) is 13.9. The van der Waals surface area contributed by atoms with Crippen LogP contribution in [-0.2, 0) is 75.3 Å². The van der Waals surface area contributed by atoms with Crippen molar-refractivity contribution in [2.24, 2.45) is 5.92 Å². The highest BCUT2D eigenvalue weighted by atomic mass is 31.2. The second kappa shape index (κ2) is 56.7. The minimum atomic E-state index is -5.51. The van der Waals surface area contributed by atoms with E-state index < -0.39 is 133 Å². The van der Waals surface area contributed by atoms with Crippen molar-refractivity contribution in [2.45, 2.75) is 385 Å². The lowest BCUT2D eigenvalue weighted by atomic mass is 9.95. The van der Waals surface area contributed by atoms with E-state index in [1.807, 2.05) is 0 Å². The number of allylic oxidation sites excluding steroid dienone is 2. The monoisotopic (exact) mass is 1450 g/mol. The van der Waals surface area contributed by atoms with Gasteiger partial charge in [-0.1, -0.05) is 227 Å². The Bertz CT molecular complexity index is 2240. The summed E-state index contributed by atoms with van der Waals surface area (Å²) in [5, 5.41) is 28.7. The van der Waals surface area contributed by atoms with Gasteiger partial charge in [0.2, 0.25) is 11.8 Å². The molecule has 2 saturated heterocycles. The largest absolute Gasteiger partial charge is 0.472 e. The highest BCUT2D eigenvalue weighted by Crippen LogP contribution is 2.44. The maximum absolute atomic E-state index is 14.3. The molecule has 2 rings (SSSR count). The average Bonchev–Trinajstić information content (AvgIpc) is 0.786. The van der Waals surface area contributed by atoms with Gasteiger partial charge in [0.15, 0.2) is 12.6 Å². The molecular weight excluding hydrogens is 1320 g/mol. The molecule has 99 heavy (non-hydrogen) atoms. The van der Waals surface area contributed by atoms with E-state index in [4.69, 9.17) is 42.2 Å². The summed E-state index contributed by atoms with van der Waals surface area (Å²) in [5.74, 6) is -2.43. The molecular formula is C73H136N2O22P2. The number of esters is 1. The molecule has 1 unspecified atom stereocenters.